The van der Waals surface area contributed by atoms with Gasteiger partial charge in [-0.05, 0) is 0 Å². The van der Waals surface area contributed by atoms with Gasteiger partial charge in [-0.2, -0.15) is 0 Å². The fourth-order valence-corrected chi connectivity index (χ4v) is 2.06. The number of nitrogens with zero attached hydrogens (tertiary/aromatic N) is 2. The van der Waals surface area contributed by atoms with Crippen LogP contribution in [0.15, 0.2) is 6.07 Å². The fourth-order valence-electron chi connectivity index (χ4n) is 2.06. The number of anilines is 2. The first kappa shape index (κ1) is 14.0. The molecule has 0 bridgehead atoms. The first-order chi connectivity index (χ1) is 9.15. The van der Waals surface area contributed by atoms with Crippen molar-refractivity contribution in [1.82, 2.24) is 9.97 Å². The molecule has 19 heavy (non-hydrogen) atoms. The molecule has 1 aromatic heterocycles. The third-order valence-corrected chi connectivity index (χ3v) is 3.37. The van der Waals surface area contributed by atoms with Crippen molar-refractivity contribution in [1.29, 1.82) is 0 Å². The number of aliphatic hydroxyl groups is 1. The molecule has 0 aromatic carbocycles. The van der Waals surface area contributed by atoms with Crippen molar-refractivity contribution in [2.45, 2.75) is 31.8 Å². The normalized spacial score (nSPS) is 18.1. The van der Waals surface area contributed by atoms with E-state index in [1.807, 2.05) is 20.0 Å². The summed E-state index contributed by atoms with van der Waals surface area (Å²) in [5, 5.41) is 16.6. The van der Waals surface area contributed by atoms with Crippen molar-refractivity contribution < 1.29 is 9.84 Å². The SMILES string of the molecule is CCc1nc(NC)cc(NCC2(O)CCOCC2)n1. The Hall–Kier alpha value is -1.40. The second-order valence-corrected chi connectivity index (χ2v) is 4.85. The van der Waals surface area contributed by atoms with Gasteiger partial charge in [-0.25, -0.2) is 9.97 Å². The smallest absolute Gasteiger partial charge is 0.132 e. The summed E-state index contributed by atoms with van der Waals surface area (Å²) in [5.74, 6) is 2.32. The average Bonchev–Trinajstić information content (AvgIpc) is 2.45. The van der Waals surface area contributed by atoms with E-state index in [0.717, 1.165) is 23.9 Å². The van der Waals surface area contributed by atoms with E-state index in [2.05, 4.69) is 20.6 Å². The molecule has 0 spiro atoms. The van der Waals surface area contributed by atoms with Crippen LogP contribution >= 0.6 is 0 Å². The second-order valence-electron chi connectivity index (χ2n) is 4.85. The zero-order chi connectivity index (χ0) is 13.7. The molecule has 106 valence electrons. The Labute approximate surface area is 113 Å². The summed E-state index contributed by atoms with van der Waals surface area (Å²) < 4.78 is 5.27. The highest BCUT2D eigenvalue weighted by Crippen LogP contribution is 2.21. The van der Waals surface area contributed by atoms with Crippen molar-refractivity contribution in [3.8, 4) is 0 Å². The molecular formula is C13H22N4O2. The lowest BCUT2D eigenvalue weighted by Gasteiger charge is -2.32. The summed E-state index contributed by atoms with van der Waals surface area (Å²) in [6.07, 6.45) is 2.09. The molecule has 0 unspecified atom stereocenters. The summed E-state index contributed by atoms with van der Waals surface area (Å²) in [5.41, 5.74) is -0.699. The molecule has 6 heteroatoms. The molecule has 1 aliphatic heterocycles. The van der Waals surface area contributed by atoms with Crippen LogP contribution in [0.5, 0.6) is 0 Å². The Morgan fingerprint density at radius 3 is 2.63 bits per heavy atom. The highest BCUT2D eigenvalue weighted by molar-refractivity contribution is 5.47. The van der Waals surface area contributed by atoms with E-state index in [9.17, 15) is 5.11 Å². The summed E-state index contributed by atoms with van der Waals surface area (Å²) >= 11 is 0. The van der Waals surface area contributed by atoms with Crippen molar-refractivity contribution in [3.63, 3.8) is 0 Å². The monoisotopic (exact) mass is 266 g/mol. The van der Waals surface area contributed by atoms with Crippen LogP contribution in [0.25, 0.3) is 0 Å². The number of aryl methyl sites for hydroxylation is 1. The molecular weight excluding hydrogens is 244 g/mol. The molecule has 1 saturated heterocycles. The molecule has 1 aliphatic rings. The third kappa shape index (κ3) is 3.78. The summed E-state index contributed by atoms with van der Waals surface area (Å²) in [7, 11) is 1.83. The van der Waals surface area contributed by atoms with Crippen LogP contribution in [-0.4, -0.2) is 47.5 Å². The summed E-state index contributed by atoms with van der Waals surface area (Å²) in [4.78, 5) is 8.75. The Kier molecular flexibility index (Phi) is 4.55. The van der Waals surface area contributed by atoms with Crippen LogP contribution in [-0.2, 0) is 11.2 Å². The summed E-state index contributed by atoms with van der Waals surface area (Å²) in [6, 6.07) is 1.85. The molecule has 0 amide bonds. The van der Waals surface area contributed by atoms with E-state index in [0.29, 0.717) is 32.6 Å². The van der Waals surface area contributed by atoms with Crippen molar-refractivity contribution in [2.75, 3.05) is 37.4 Å². The number of hydrogen-bond donors (Lipinski definition) is 3. The molecule has 3 N–H and O–H groups in total. The lowest BCUT2D eigenvalue weighted by molar-refractivity contribution is -0.0543. The van der Waals surface area contributed by atoms with Crippen molar-refractivity contribution in [2.24, 2.45) is 0 Å². The molecule has 2 heterocycles. The van der Waals surface area contributed by atoms with Gasteiger partial charge in [0.2, 0.25) is 0 Å². The second kappa shape index (κ2) is 6.16. The van der Waals surface area contributed by atoms with Crippen LogP contribution in [0.1, 0.15) is 25.6 Å². The number of rotatable bonds is 5. The molecule has 1 fully saturated rings. The number of nitrogens with one attached hydrogen (secondary N) is 2. The standard InChI is InChI=1S/C13H22N4O2/c1-3-10-16-11(14-2)8-12(17-10)15-9-13(18)4-6-19-7-5-13/h8,18H,3-7,9H2,1-2H3,(H2,14,15,16,17). The van der Waals surface area contributed by atoms with E-state index >= 15 is 0 Å². The van der Waals surface area contributed by atoms with Gasteiger partial charge in [-0.1, -0.05) is 6.92 Å². The van der Waals surface area contributed by atoms with Gasteiger partial charge < -0.3 is 20.5 Å². The van der Waals surface area contributed by atoms with Gasteiger partial charge >= 0.3 is 0 Å². The highest BCUT2D eigenvalue weighted by atomic mass is 16.5. The zero-order valence-electron chi connectivity index (χ0n) is 11.6. The van der Waals surface area contributed by atoms with Crippen LogP contribution in [0, 0.1) is 0 Å². The quantitative estimate of drug-likeness (QED) is 0.739. The maximum absolute atomic E-state index is 10.4. The molecule has 0 atom stereocenters. The Morgan fingerprint density at radius 2 is 2.00 bits per heavy atom. The van der Waals surface area contributed by atoms with Gasteiger partial charge in [0.05, 0.1) is 5.60 Å². The van der Waals surface area contributed by atoms with Gasteiger partial charge in [-0.15, -0.1) is 0 Å². The Morgan fingerprint density at radius 1 is 1.32 bits per heavy atom. The largest absolute Gasteiger partial charge is 0.388 e. The Balaban J connectivity index is 2.02. The molecule has 0 radical (unpaired) electrons. The maximum atomic E-state index is 10.4. The lowest BCUT2D eigenvalue weighted by atomic mass is 9.94. The minimum Gasteiger partial charge on any atom is -0.388 e. The lowest BCUT2D eigenvalue weighted by Crippen LogP contribution is -2.42. The van der Waals surface area contributed by atoms with Crippen LogP contribution < -0.4 is 10.6 Å². The zero-order valence-corrected chi connectivity index (χ0v) is 11.6. The molecule has 0 aliphatic carbocycles. The van der Waals surface area contributed by atoms with Crippen molar-refractivity contribution in [3.05, 3.63) is 11.9 Å². The van der Waals surface area contributed by atoms with Crippen LogP contribution in [0.2, 0.25) is 0 Å². The number of ether oxygens (including phenoxy) is 1. The molecule has 0 saturated carbocycles. The van der Waals surface area contributed by atoms with Crippen molar-refractivity contribution >= 4 is 11.6 Å². The van der Waals surface area contributed by atoms with Gasteiger partial charge in [0.1, 0.15) is 17.5 Å². The topological polar surface area (TPSA) is 79.3 Å². The predicted octanol–water partition coefficient (Wildman–Crippen LogP) is 1.03. The minimum atomic E-state index is -0.699. The van der Waals surface area contributed by atoms with Crippen LogP contribution in [0.4, 0.5) is 11.6 Å². The Bertz CT molecular complexity index is 397. The van der Waals surface area contributed by atoms with E-state index in [4.69, 9.17) is 4.74 Å². The van der Waals surface area contributed by atoms with Crippen LogP contribution in [0.3, 0.4) is 0 Å². The third-order valence-electron chi connectivity index (χ3n) is 3.37. The molecule has 6 nitrogen and oxygen atoms in total. The fraction of sp³-hybridized carbons (Fsp3) is 0.692. The van der Waals surface area contributed by atoms with Gasteiger partial charge in [-0.3, -0.25) is 0 Å². The highest BCUT2D eigenvalue weighted by Gasteiger charge is 2.29. The van der Waals surface area contributed by atoms with E-state index < -0.39 is 5.60 Å². The summed E-state index contributed by atoms with van der Waals surface area (Å²) in [6.45, 7) is 3.73. The predicted molar refractivity (Wildman–Crippen MR) is 74.4 cm³/mol. The van der Waals surface area contributed by atoms with Gasteiger partial charge in [0.25, 0.3) is 0 Å². The van der Waals surface area contributed by atoms with E-state index in [-0.39, 0.29) is 0 Å². The minimum absolute atomic E-state index is 0.486. The van der Waals surface area contributed by atoms with Gasteiger partial charge in [0.15, 0.2) is 0 Å². The maximum Gasteiger partial charge on any atom is 0.132 e. The number of aromatic nitrogens is 2. The van der Waals surface area contributed by atoms with E-state index in [1.165, 1.54) is 0 Å². The van der Waals surface area contributed by atoms with E-state index in [1.54, 1.807) is 0 Å². The molecule has 2 rings (SSSR count). The van der Waals surface area contributed by atoms with Gasteiger partial charge in [0, 0.05) is 52.1 Å². The number of hydrogen-bond acceptors (Lipinski definition) is 6. The first-order valence-electron chi connectivity index (χ1n) is 6.75. The first-order valence-corrected chi connectivity index (χ1v) is 6.75. The average molecular weight is 266 g/mol. The molecule has 1 aromatic rings.